The molecule has 0 radical (unpaired) electrons. The number of hydrogen-bond donors (Lipinski definition) is 1. The van der Waals surface area contributed by atoms with Crippen molar-refractivity contribution in [2.24, 2.45) is 0 Å². The molecule has 0 spiro atoms. The van der Waals surface area contributed by atoms with Crippen LogP contribution in [0, 0.1) is 0 Å². The number of rotatable bonds is 4. The molecular formula is C21H22F4N4O3. The Labute approximate surface area is 181 Å². The quantitative estimate of drug-likeness (QED) is 0.720. The third kappa shape index (κ3) is 4.06. The van der Waals surface area contributed by atoms with Crippen molar-refractivity contribution in [3.63, 3.8) is 0 Å². The number of nitrogens with zero attached hydrogens (tertiary/aromatic N) is 3. The Hall–Kier alpha value is -2.66. The van der Waals surface area contributed by atoms with Gasteiger partial charge in [-0.25, -0.2) is 4.39 Å². The van der Waals surface area contributed by atoms with Gasteiger partial charge >= 0.3 is 6.18 Å². The third-order valence-electron chi connectivity index (χ3n) is 6.09. The molecule has 11 heteroatoms. The van der Waals surface area contributed by atoms with Gasteiger partial charge < -0.3 is 14.8 Å². The molecule has 3 atom stereocenters. The van der Waals surface area contributed by atoms with Crippen molar-refractivity contribution in [2.75, 3.05) is 26.3 Å². The first-order valence-electron chi connectivity index (χ1n) is 10.5. The maximum absolute atomic E-state index is 15.0. The van der Waals surface area contributed by atoms with E-state index in [9.17, 15) is 18.0 Å². The Morgan fingerprint density at radius 3 is 2.78 bits per heavy atom. The van der Waals surface area contributed by atoms with E-state index in [1.807, 2.05) is 0 Å². The van der Waals surface area contributed by atoms with Crippen molar-refractivity contribution in [2.45, 2.75) is 44.0 Å². The number of aromatic nitrogens is 2. The van der Waals surface area contributed by atoms with Gasteiger partial charge in [-0.2, -0.15) is 18.3 Å². The summed E-state index contributed by atoms with van der Waals surface area (Å²) in [4.78, 5) is 14.9. The van der Waals surface area contributed by atoms with Crippen LogP contribution in [0.1, 0.15) is 39.9 Å². The molecule has 0 bridgehead atoms. The summed E-state index contributed by atoms with van der Waals surface area (Å²) in [5.41, 5.74) is -0.177. The Bertz CT molecular complexity index is 1020. The monoisotopic (exact) mass is 454 g/mol. The lowest BCUT2D eigenvalue weighted by molar-refractivity contribution is -0.137. The number of nitrogens with one attached hydrogen (secondary N) is 1. The normalized spacial score (nSPS) is 25.3. The summed E-state index contributed by atoms with van der Waals surface area (Å²) in [6, 6.07) is 3.22. The molecule has 3 aliphatic heterocycles. The molecule has 1 aromatic heterocycles. The molecule has 172 valence electrons. The highest BCUT2D eigenvalue weighted by Crippen LogP contribution is 2.39. The van der Waals surface area contributed by atoms with Crippen molar-refractivity contribution < 1.29 is 31.8 Å². The minimum atomic E-state index is -4.60. The fourth-order valence-electron chi connectivity index (χ4n) is 4.21. The second kappa shape index (κ2) is 8.04. The summed E-state index contributed by atoms with van der Waals surface area (Å²) in [5.74, 6) is -0.545. The lowest BCUT2D eigenvalue weighted by Crippen LogP contribution is -2.44. The molecular weight excluding hydrogens is 432 g/mol. The summed E-state index contributed by atoms with van der Waals surface area (Å²) >= 11 is 0. The Morgan fingerprint density at radius 2 is 2.06 bits per heavy atom. The number of benzene rings is 1. The highest BCUT2D eigenvalue weighted by atomic mass is 19.4. The Balaban J connectivity index is 1.26. The van der Waals surface area contributed by atoms with Gasteiger partial charge in [0.05, 0.1) is 29.9 Å². The van der Waals surface area contributed by atoms with E-state index >= 15 is 4.39 Å². The van der Waals surface area contributed by atoms with Crippen molar-refractivity contribution in [3.8, 4) is 5.75 Å². The summed E-state index contributed by atoms with van der Waals surface area (Å²) in [5, 5.41) is 6.84. The fourth-order valence-corrected chi connectivity index (χ4v) is 4.21. The van der Waals surface area contributed by atoms with Gasteiger partial charge in [-0.3, -0.25) is 14.4 Å². The molecule has 1 N–H and O–H groups in total. The van der Waals surface area contributed by atoms with E-state index in [2.05, 4.69) is 15.3 Å². The lowest BCUT2D eigenvalue weighted by Gasteiger charge is -2.34. The highest BCUT2D eigenvalue weighted by Gasteiger charge is 2.37. The van der Waals surface area contributed by atoms with Crippen LogP contribution in [-0.4, -0.2) is 59.0 Å². The largest absolute Gasteiger partial charge is 0.491 e. The molecule has 0 aliphatic carbocycles. The van der Waals surface area contributed by atoms with Crippen LogP contribution in [0.25, 0.3) is 0 Å². The second-order valence-corrected chi connectivity index (χ2v) is 8.30. The number of amides is 1. The average Bonchev–Trinajstić information content (AvgIpc) is 3.15. The number of ether oxygens (including phenoxy) is 2. The van der Waals surface area contributed by atoms with Gasteiger partial charge in [-0.05, 0) is 30.7 Å². The molecule has 1 saturated heterocycles. The van der Waals surface area contributed by atoms with E-state index in [0.717, 1.165) is 50.0 Å². The van der Waals surface area contributed by atoms with Crippen molar-refractivity contribution in [1.82, 2.24) is 20.0 Å². The highest BCUT2D eigenvalue weighted by molar-refractivity contribution is 5.92. The number of halogens is 4. The first kappa shape index (κ1) is 21.2. The Kier molecular flexibility index (Phi) is 5.32. The van der Waals surface area contributed by atoms with Crippen LogP contribution < -0.4 is 10.1 Å². The summed E-state index contributed by atoms with van der Waals surface area (Å²) in [7, 11) is 0. The maximum Gasteiger partial charge on any atom is 0.416 e. The zero-order valence-corrected chi connectivity index (χ0v) is 17.1. The zero-order valence-electron chi connectivity index (χ0n) is 17.1. The predicted molar refractivity (Wildman–Crippen MR) is 104 cm³/mol. The molecule has 7 nitrogen and oxygen atoms in total. The fraction of sp³-hybridized carbons (Fsp3) is 0.524. The van der Waals surface area contributed by atoms with Gasteiger partial charge in [0.15, 0.2) is 11.9 Å². The SMILES string of the molecule is O=C(N[C@H]1COc2ccc(C(F)(F)F)cc2C1F)c1cc2n(n1)CCN(CC1CCO1)C2. The minimum Gasteiger partial charge on any atom is -0.491 e. The van der Waals surface area contributed by atoms with E-state index in [0.29, 0.717) is 13.1 Å². The standard InChI is InChI=1S/C21H22F4N4O3/c22-19-15-7-12(21(23,24)25)1-2-18(15)32-11-17(19)26-20(30)16-8-13-9-28(4-5-29(13)27-16)10-14-3-6-31-14/h1-2,7-8,14,17,19H,3-6,9-11H2,(H,26,30)/t14?,17-,19?/m0/s1. The second-order valence-electron chi connectivity index (χ2n) is 8.30. The van der Waals surface area contributed by atoms with Crippen molar-refractivity contribution >= 4 is 5.91 Å². The molecule has 0 saturated carbocycles. The molecule has 3 aliphatic rings. The number of fused-ring (bicyclic) bond motifs is 2. The zero-order chi connectivity index (χ0) is 22.5. The molecule has 5 rings (SSSR count). The van der Waals surface area contributed by atoms with Gasteiger partial charge in [0.25, 0.3) is 5.91 Å². The Morgan fingerprint density at radius 1 is 1.25 bits per heavy atom. The van der Waals surface area contributed by atoms with Crippen LogP contribution in [-0.2, 0) is 24.0 Å². The summed E-state index contributed by atoms with van der Waals surface area (Å²) in [6.07, 6.45) is -5.13. The minimum absolute atomic E-state index is 0.0454. The molecule has 32 heavy (non-hydrogen) atoms. The first-order valence-corrected chi connectivity index (χ1v) is 10.5. The molecule has 1 aromatic carbocycles. The topological polar surface area (TPSA) is 68.6 Å². The van der Waals surface area contributed by atoms with Gasteiger partial charge in [-0.1, -0.05) is 0 Å². The number of hydrogen-bond acceptors (Lipinski definition) is 5. The number of carbonyl (C=O) groups excluding carboxylic acids is 1. The van der Waals surface area contributed by atoms with Crippen LogP contribution in [0.3, 0.4) is 0 Å². The van der Waals surface area contributed by atoms with Crippen molar-refractivity contribution in [3.05, 3.63) is 46.8 Å². The number of carbonyl (C=O) groups is 1. The van der Waals surface area contributed by atoms with Crippen LogP contribution in [0.15, 0.2) is 24.3 Å². The maximum atomic E-state index is 15.0. The van der Waals surface area contributed by atoms with Gasteiger partial charge in [0.1, 0.15) is 12.4 Å². The number of alkyl halides is 4. The van der Waals surface area contributed by atoms with Crippen LogP contribution in [0.4, 0.5) is 17.6 Å². The molecule has 1 amide bonds. The molecule has 4 heterocycles. The summed E-state index contributed by atoms with van der Waals surface area (Å²) in [6.45, 7) is 3.48. The summed E-state index contributed by atoms with van der Waals surface area (Å²) < 4.78 is 66.6. The predicted octanol–water partition coefficient (Wildman–Crippen LogP) is 2.71. The van der Waals surface area contributed by atoms with Crippen LogP contribution in [0.5, 0.6) is 5.75 Å². The van der Waals surface area contributed by atoms with E-state index in [1.165, 1.54) is 0 Å². The van der Waals surface area contributed by atoms with Gasteiger partial charge in [0.2, 0.25) is 0 Å². The first-order chi connectivity index (χ1) is 15.3. The molecule has 2 unspecified atom stereocenters. The van der Waals surface area contributed by atoms with E-state index < -0.39 is 29.9 Å². The van der Waals surface area contributed by atoms with Crippen molar-refractivity contribution in [1.29, 1.82) is 0 Å². The molecule has 1 fully saturated rings. The van der Waals surface area contributed by atoms with Crippen LogP contribution >= 0.6 is 0 Å². The van der Waals surface area contributed by atoms with E-state index in [1.54, 1.807) is 10.7 Å². The van der Waals surface area contributed by atoms with E-state index in [4.69, 9.17) is 9.47 Å². The van der Waals surface area contributed by atoms with Gasteiger partial charge in [0, 0.05) is 31.8 Å². The third-order valence-corrected chi connectivity index (χ3v) is 6.09. The lowest BCUT2D eigenvalue weighted by atomic mass is 9.98. The van der Waals surface area contributed by atoms with Gasteiger partial charge in [-0.15, -0.1) is 0 Å². The average molecular weight is 454 g/mol. The van der Waals surface area contributed by atoms with E-state index in [-0.39, 0.29) is 29.7 Å². The van der Waals surface area contributed by atoms with Crippen LogP contribution in [0.2, 0.25) is 0 Å². The molecule has 2 aromatic rings. The smallest absolute Gasteiger partial charge is 0.416 e.